The maximum Gasteiger partial charge on any atom is 0.282 e. The van der Waals surface area contributed by atoms with Gasteiger partial charge in [-0.1, -0.05) is 29.5 Å². The van der Waals surface area contributed by atoms with Gasteiger partial charge in [0.05, 0.1) is 5.39 Å². The molecule has 3 aromatic rings. The van der Waals surface area contributed by atoms with E-state index in [1.54, 1.807) is 18.2 Å². The monoisotopic (exact) mass is 273 g/mol. The summed E-state index contributed by atoms with van der Waals surface area (Å²) < 4.78 is 19.2. The standard InChI is InChI=1S/C14H8FNO2S/c15-9-4-3-5-10(8-9)18-14-16-13(17)11-6-1-2-7-12(11)19-14/h1-8H. The van der Waals surface area contributed by atoms with Crippen molar-refractivity contribution in [1.29, 1.82) is 0 Å². The lowest BCUT2D eigenvalue weighted by Crippen LogP contribution is -2.05. The molecule has 0 amide bonds. The molecule has 3 nitrogen and oxygen atoms in total. The van der Waals surface area contributed by atoms with Crippen LogP contribution in [-0.2, 0) is 0 Å². The number of nitrogens with zero attached hydrogens (tertiary/aromatic N) is 1. The van der Waals surface area contributed by atoms with Crippen molar-refractivity contribution in [1.82, 2.24) is 4.98 Å². The zero-order chi connectivity index (χ0) is 13.2. The second-order valence-corrected chi connectivity index (χ2v) is 4.83. The summed E-state index contributed by atoms with van der Waals surface area (Å²) in [5.41, 5.74) is -0.347. The summed E-state index contributed by atoms with van der Waals surface area (Å²) in [6.45, 7) is 0. The van der Waals surface area contributed by atoms with Crippen LogP contribution in [0.25, 0.3) is 10.1 Å². The first kappa shape index (κ1) is 11.8. The molecule has 0 unspecified atom stereocenters. The largest absolute Gasteiger partial charge is 0.431 e. The van der Waals surface area contributed by atoms with Crippen molar-refractivity contribution in [3.05, 3.63) is 64.7 Å². The molecule has 0 saturated carbocycles. The lowest BCUT2D eigenvalue weighted by Gasteiger charge is -2.04. The summed E-state index contributed by atoms with van der Waals surface area (Å²) in [5.74, 6) is -0.0796. The van der Waals surface area contributed by atoms with Crippen molar-refractivity contribution in [3.63, 3.8) is 0 Å². The molecule has 0 radical (unpaired) electrons. The first-order valence-electron chi connectivity index (χ1n) is 5.56. The fourth-order valence-corrected chi connectivity index (χ4v) is 2.53. The fraction of sp³-hybridized carbons (Fsp3) is 0. The van der Waals surface area contributed by atoms with Crippen molar-refractivity contribution in [2.45, 2.75) is 0 Å². The van der Waals surface area contributed by atoms with Crippen LogP contribution in [0.15, 0.2) is 53.3 Å². The van der Waals surface area contributed by atoms with Gasteiger partial charge in [-0.3, -0.25) is 4.79 Å². The minimum absolute atomic E-state index is 0.203. The molecule has 19 heavy (non-hydrogen) atoms. The second-order valence-electron chi connectivity index (χ2n) is 3.84. The number of rotatable bonds is 2. The maximum atomic E-state index is 13.0. The average Bonchev–Trinajstić information content (AvgIpc) is 2.39. The highest BCUT2D eigenvalue weighted by molar-refractivity contribution is 7.19. The predicted octanol–water partition coefficient (Wildman–Crippen LogP) is 3.59. The first-order chi connectivity index (χ1) is 9.22. The van der Waals surface area contributed by atoms with Crippen LogP contribution in [0.4, 0.5) is 4.39 Å². The molecule has 1 heterocycles. The molecule has 0 bridgehead atoms. The Morgan fingerprint density at radius 2 is 1.95 bits per heavy atom. The van der Waals surface area contributed by atoms with Gasteiger partial charge in [-0.15, -0.1) is 0 Å². The summed E-state index contributed by atoms with van der Waals surface area (Å²) in [4.78, 5) is 15.6. The number of halogens is 1. The van der Waals surface area contributed by atoms with Crippen LogP contribution >= 0.6 is 11.3 Å². The molecule has 0 N–H and O–H groups in total. The molecule has 0 fully saturated rings. The highest BCUT2D eigenvalue weighted by atomic mass is 32.1. The molecule has 2 aromatic carbocycles. The van der Waals surface area contributed by atoms with Gasteiger partial charge >= 0.3 is 0 Å². The van der Waals surface area contributed by atoms with E-state index in [-0.39, 0.29) is 10.8 Å². The normalized spacial score (nSPS) is 10.6. The van der Waals surface area contributed by atoms with Gasteiger partial charge in [-0.25, -0.2) is 4.39 Å². The van der Waals surface area contributed by atoms with Gasteiger partial charge in [0, 0.05) is 10.8 Å². The first-order valence-corrected chi connectivity index (χ1v) is 6.37. The molecule has 0 spiro atoms. The number of ether oxygens (including phenoxy) is 1. The average molecular weight is 273 g/mol. The Bertz CT molecular complexity index is 801. The molecule has 0 atom stereocenters. The third kappa shape index (κ3) is 2.46. The molecular formula is C14H8FNO2S. The van der Waals surface area contributed by atoms with E-state index < -0.39 is 5.82 Å². The second kappa shape index (κ2) is 4.78. The van der Waals surface area contributed by atoms with Crippen molar-refractivity contribution in [2.24, 2.45) is 0 Å². The van der Waals surface area contributed by atoms with Crippen molar-refractivity contribution in [2.75, 3.05) is 0 Å². The minimum Gasteiger partial charge on any atom is -0.431 e. The Balaban J connectivity index is 2.04. The Morgan fingerprint density at radius 3 is 2.79 bits per heavy atom. The van der Waals surface area contributed by atoms with Crippen LogP contribution < -0.4 is 10.3 Å². The van der Waals surface area contributed by atoms with E-state index in [9.17, 15) is 9.18 Å². The predicted molar refractivity (Wildman–Crippen MR) is 72.4 cm³/mol. The van der Waals surface area contributed by atoms with E-state index in [0.717, 1.165) is 4.70 Å². The summed E-state index contributed by atoms with van der Waals surface area (Å²) >= 11 is 1.25. The Morgan fingerprint density at radius 1 is 1.11 bits per heavy atom. The van der Waals surface area contributed by atoms with Gasteiger partial charge in [0.2, 0.25) is 0 Å². The number of aromatic nitrogens is 1. The maximum absolute atomic E-state index is 13.0. The van der Waals surface area contributed by atoms with Crippen molar-refractivity contribution >= 4 is 21.4 Å². The Kier molecular flexibility index (Phi) is 2.97. The summed E-state index contributed by atoms with van der Waals surface area (Å²) in [5, 5.41) is 0.758. The molecular weight excluding hydrogens is 265 g/mol. The van der Waals surface area contributed by atoms with Gasteiger partial charge < -0.3 is 4.74 Å². The van der Waals surface area contributed by atoms with Gasteiger partial charge in [-0.2, -0.15) is 4.98 Å². The lowest BCUT2D eigenvalue weighted by molar-refractivity contribution is 0.471. The van der Waals surface area contributed by atoms with E-state index in [1.807, 2.05) is 12.1 Å². The van der Waals surface area contributed by atoms with Crippen molar-refractivity contribution in [3.8, 4) is 10.9 Å². The minimum atomic E-state index is -0.398. The number of hydrogen-bond donors (Lipinski definition) is 0. The van der Waals surface area contributed by atoms with Crippen LogP contribution in [0.5, 0.6) is 10.9 Å². The summed E-state index contributed by atoms with van der Waals surface area (Å²) in [6, 6.07) is 12.9. The van der Waals surface area contributed by atoms with E-state index >= 15 is 0 Å². The molecule has 1 aromatic heterocycles. The van der Waals surface area contributed by atoms with E-state index in [2.05, 4.69) is 4.98 Å². The van der Waals surface area contributed by atoms with Gasteiger partial charge in [0.15, 0.2) is 0 Å². The molecule has 0 saturated heterocycles. The third-order valence-corrected chi connectivity index (χ3v) is 3.43. The quantitative estimate of drug-likeness (QED) is 0.716. The molecule has 3 rings (SSSR count). The Hall–Kier alpha value is -2.27. The highest BCUT2D eigenvalue weighted by Gasteiger charge is 2.06. The van der Waals surface area contributed by atoms with Crippen molar-refractivity contribution < 1.29 is 9.13 Å². The van der Waals surface area contributed by atoms with Crippen LogP contribution in [-0.4, -0.2) is 4.98 Å². The number of fused-ring (bicyclic) bond motifs is 1. The summed E-state index contributed by atoms with van der Waals surface area (Å²) in [7, 11) is 0. The highest BCUT2D eigenvalue weighted by Crippen LogP contribution is 2.27. The van der Waals surface area contributed by atoms with Gasteiger partial charge in [0.1, 0.15) is 11.6 Å². The SMILES string of the molecule is O=c1nc(Oc2cccc(F)c2)sc2ccccc12. The van der Waals surface area contributed by atoms with E-state index in [4.69, 9.17) is 4.74 Å². The number of hydrogen-bond acceptors (Lipinski definition) is 4. The lowest BCUT2D eigenvalue weighted by atomic mass is 10.3. The van der Waals surface area contributed by atoms with Crippen LogP contribution in [0.2, 0.25) is 0 Å². The molecule has 5 heteroatoms. The van der Waals surface area contributed by atoms with Crippen LogP contribution in [0, 0.1) is 5.82 Å². The van der Waals surface area contributed by atoms with Gasteiger partial charge in [0.25, 0.3) is 10.8 Å². The molecule has 94 valence electrons. The summed E-state index contributed by atoms with van der Waals surface area (Å²) in [6.07, 6.45) is 0. The molecule has 0 aliphatic carbocycles. The zero-order valence-electron chi connectivity index (χ0n) is 9.67. The Labute approximate surface area is 111 Å². The van der Waals surface area contributed by atoms with E-state index in [1.165, 1.54) is 29.5 Å². The van der Waals surface area contributed by atoms with Crippen LogP contribution in [0.1, 0.15) is 0 Å². The molecule has 0 aliphatic rings. The van der Waals surface area contributed by atoms with Gasteiger partial charge in [-0.05, 0) is 24.3 Å². The number of benzene rings is 2. The van der Waals surface area contributed by atoms with Crippen LogP contribution in [0.3, 0.4) is 0 Å². The zero-order valence-corrected chi connectivity index (χ0v) is 10.5. The topological polar surface area (TPSA) is 39.2 Å². The third-order valence-electron chi connectivity index (χ3n) is 2.51. The fourth-order valence-electron chi connectivity index (χ4n) is 1.67. The molecule has 0 aliphatic heterocycles. The smallest absolute Gasteiger partial charge is 0.282 e. The van der Waals surface area contributed by atoms with E-state index in [0.29, 0.717) is 11.1 Å².